The van der Waals surface area contributed by atoms with Crippen LogP contribution in [0.2, 0.25) is 0 Å². The van der Waals surface area contributed by atoms with E-state index < -0.39 is 438 Å². The highest BCUT2D eigenvalue weighted by atomic mass is 16.8. The number of carboxylic acid groups (broad SMARTS) is 2. The number of amides is 5. The Hall–Kier alpha value is -5.63. The Morgan fingerprint density at radius 3 is 0.942 bits per heavy atom. The van der Waals surface area contributed by atoms with Crippen molar-refractivity contribution in [3.8, 4) is 0 Å². The summed E-state index contributed by atoms with van der Waals surface area (Å²) in [5, 5.41) is 357. The summed E-state index contributed by atoms with van der Waals surface area (Å²) in [5.74, 6) is -15.0. The first-order valence-electron chi connectivity index (χ1n) is 43.4. The van der Waals surface area contributed by atoms with Crippen molar-refractivity contribution in [1.82, 2.24) is 26.6 Å². The number of carboxylic acids is 2. The maximum atomic E-state index is 13.2. The Morgan fingerprint density at radius 2 is 0.587 bits per heavy atom. The fourth-order valence-corrected chi connectivity index (χ4v) is 17.5. The van der Waals surface area contributed by atoms with Gasteiger partial charge >= 0.3 is 11.9 Å². The standard InChI is InChI=1S/C76H125N5O57/c1-18(89)77-35-23(94)6-75(73(116)117,137-60(35)40(98)25(96)8-82)121-16-33-44(102)50(108)54(112)68(129-33)131-58-30(13-87)126-66(38(48(58)106)80-21(4)92)135-63-52(110)42(100)27(10-84)124-71(63)120-15-32-46(104)62(56(114)70(128-32)133-57-29(12-86)123-65(115)37(47(57)105)79-20(3)91)134-72-64(53(111)43(101)28(11-85)125-72)136-67-39(81-22(5)93)49(107)59(31(14-88)127-67)132-69-55(113)51(109)45(103)34(130-69)17-122-76(74(118)119)7-24(95)36(78-19(2)90)61(138-76)41(99)26(97)9-83/h23-72,82-88,94-115H,6-17H2,1-5H3,(H,77,89)(H,78,90)(H,79,91)(H,80,92)(H,81,93)(H,116,117)(H,118,119)/t23-,24-,25+,26+,27+,28+,29+,30+,31+,32+,33+,34+,35+,36+,37+,38+,39+,40+,41+,42+,43+,44-,45-,46+,47+,48+,49+,50-,51-,52-,53-,54+,55+,56-,57+,58+,59+,60+,61+,62-,63-,64-,65?,66-,67-,68-,69-,70-,71-,72+,75+,76+/m0/s1. The fraction of sp³-hybridized carbons (Fsp3) is 0.908. The second-order valence-corrected chi connectivity index (χ2v) is 34.6. The van der Waals surface area contributed by atoms with Crippen LogP contribution >= 0.6 is 0 Å². The van der Waals surface area contributed by atoms with Crippen molar-refractivity contribution in [3.05, 3.63) is 0 Å². The number of nitrogens with one attached hydrogen (secondary N) is 5. The number of aliphatic carboxylic acids is 2. The van der Waals surface area contributed by atoms with Gasteiger partial charge in [0, 0.05) is 47.5 Å². The molecule has 796 valence electrons. The van der Waals surface area contributed by atoms with Gasteiger partial charge < -0.3 is 275 Å². The van der Waals surface area contributed by atoms with Gasteiger partial charge in [-0.15, -0.1) is 0 Å². The quantitative estimate of drug-likeness (QED) is 0.0272. The molecule has 10 heterocycles. The lowest BCUT2D eigenvalue weighted by Crippen LogP contribution is -2.70. The normalized spacial score (nSPS) is 46.2. The molecule has 36 N–H and O–H groups in total. The molecule has 62 nitrogen and oxygen atoms in total. The van der Waals surface area contributed by atoms with Gasteiger partial charge in [-0.25, -0.2) is 9.59 Å². The van der Waals surface area contributed by atoms with E-state index in [2.05, 4.69) is 26.6 Å². The molecule has 10 fully saturated rings. The minimum atomic E-state index is -3.11. The van der Waals surface area contributed by atoms with Crippen LogP contribution in [0.25, 0.3) is 0 Å². The van der Waals surface area contributed by atoms with Crippen LogP contribution in [-0.4, -0.2) is 584 Å². The van der Waals surface area contributed by atoms with Gasteiger partial charge in [-0.3, -0.25) is 24.0 Å². The van der Waals surface area contributed by atoms with Gasteiger partial charge in [0.2, 0.25) is 29.5 Å². The first kappa shape index (κ1) is 114. The molecule has 0 radical (unpaired) electrons. The summed E-state index contributed by atoms with van der Waals surface area (Å²) in [6.45, 7) is -7.65. The van der Waals surface area contributed by atoms with Crippen LogP contribution in [0.3, 0.4) is 0 Å². The van der Waals surface area contributed by atoms with Crippen molar-refractivity contribution >= 4 is 41.5 Å². The summed E-state index contributed by atoms with van der Waals surface area (Å²) in [6.07, 6.45) is -103. The highest BCUT2D eigenvalue weighted by Gasteiger charge is 2.64. The Kier molecular flexibility index (Phi) is 40.6. The summed E-state index contributed by atoms with van der Waals surface area (Å²) in [4.78, 5) is 89.1. The first-order valence-corrected chi connectivity index (χ1v) is 43.4. The van der Waals surface area contributed by atoms with E-state index in [1.54, 1.807) is 0 Å². The zero-order valence-corrected chi connectivity index (χ0v) is 73.8. The average molecular weight is 2020 g/mol. The second kappa shape index (κ2) is 49.0. The summed E-state index contributed by atoms with van der Waals surface area (Å²) in [6, 6.07) is -9.40. The molecule has 138 heavy (non-hydrogen) atoms. The topological polar surface area (TPSA) is 982 Å². The van der Waals surface area contributed by atoms with Crippen LogP contribution in [0.4, 0.5) is 0 Å². The minimum absolute atomic E-state index is 0.852. The molecule has 52 atom stereocenters. The molecule has 0 bridgehead atoms. The molecule has 62 heteroatoms. The molecule has 10 saturated heterocycles. The Labute approximate surface area is 779 Å². The SMILES string of the molecule is CC(=O)N[C@H]1[C@H](O[C@@H]2[C@@H](OC[C@H]3O[C@@H](O[C@H]4[C@H](O)[C@@H](NC(C)=O)C(O)O[C@@H]4CO)[C@@H](O)[C@@H](O[C@H]4O[C@H](CO)[C@@H](O)[C@H](O)[C@@H]4O[C@@H]4O[C@H](CO)[C@@H](O[C@@H]5O[C@H](CO[C@]6(C(=O)O)C[C@H](O)[C@@H](NC(C)=O)[C@H]([C@H](O)[C@H](O)CO)O6)[C@H](O)[C@H](O)[C@H]5O)[C@H](O)[C@H]4NC(C)=O)[C@@H]3O)O[C@H](CO)[C@@H](O)[C@@H]2O)O[C@H](CO)[C@@H](O[C@@H]2O[C@H](CO[C@]3(C(=O)O)C[C@H](O)[C@@H](NC(C)=O)[C@H]([C@H](O)[C@H](O)CO)O3)[C@H](O)[C@H](O)[C@H]2O)[C@@H]1O. The smallest absolute Gasteiger partial charge is 0.364 e. The van der Waals surface area contributed by atoms with Crippen LogP contribution in [0.1, 0.15) is 47.5 Å². The lowest BCUT2D eigenvalue weighted by molar-refractivity contribution is -0.398. The van der Waals surface area contributed by atoms with Gasteiger partial charge in [0.15, 0.2) is 50.3 Å². The van der Waals surface area contributed by atoms with Gasteiger partial charge in [-0.1, -0.05) is 0 Å². The minimum Gasteiger partial charge on any atom is -0.477 e. The zero-order valence-electron chi connectivity index (χ0n) is 73.8. The largest absolute Gasteiger partial charge is 0.477 e. The van der Waals surface area contributed by atoms with Crippen molar-refractivity contribution in [2.24, 2.45) is 0 Å². The van der Waals surface area contributed by atoms with Gasteiger partial charge in [0.25, 0.3) is 11.6 Å². The number of ether oxygens (including phenoxy) is 19. The third-order valence-electron chi connectivity index (χ3n) is 24.8. The van der Waals surface area contributed by atoms with Crippen LogP contribution in [0.15, 0.2) is 0 Å². The predicted octanol–water partition coefficient (Wildman–Crippen LogP) is -23.7. The van der Waals surface area contributed by atoms with Gasteiger partial charge in [-0.2, -0.15) is 0 Å². The Balaban J connectivity index is 0.908. The second-order valence-electron chi connectivity index (χ2n) is 34.6. The molecule has 10 aliphatic heterocycles. The van der Waals surface area contributed by atoms with E-state index in [-0.39, 0.29) is 0 Å². The van der Waals surface area contributed by atoms with E-state index in [1.807, 2.05) is 0 Å². The van der Waals surface area contributed by atoms with Crippen LogP contribution < -0.4 is 26.6 Å². The molecular formula is C76H125N5O57. The fourth-order valence-electron chi connectivity index (χ4n) is 17.5. The van der Waals surface area contributed by atoms with Crippen LogP contribution in [-0.2, 0) is 124 Å². The van der Waals surface area contributed by atoms with E-state index in [0.29, 0.717) is 0 Å². The van der Waals surface area contributed by atoms with E-state index in [1.165, 1.54) is 0 Å². The summed E-state index contributed by atoms with van der Waals surface area (Å²) < 4.78 is 112. The first-order chi connectivity index (χ1) is 64.9. The van der Waals surface area contributed by atoms with Gasteiger partial charge in [0.05, 0.1) is 90.4 Å². The Morgan fingerprint density at radius 1 is 0.297 bits per heavy atom. The van der Waals surface area contributed by atoms with E-state index in [4.69, 9.17) is 90.0 Å². The predicted molar refractivity (Wildman–Crippen MR) is 422 cm³/mol. The average Bonchev–Trinajstić information content (AvgIpc) is 0.769. The monoisotopic (exact) mass is 2020 g/mol. The summed E-state index contributed by atoms with van der Waals surface area (Å²) >= 11 is 0. The molecule has 5 amide bonds. The number of hydrogen-bond donors (Lipinski definition) is 36. The van der Waals surface area contributed by atoms with Crippen molar-refractivity contribution in [2.75, 3.05) is 66.1 Å². The van der Waals surface area contributed by atoms with E-state index in [9.17, 15) is 192 Å². The molecule has 0 aliphatic carbocycles. The zero-order chi connectivity index (χ0) is 102. The molecule has 0 aromatic carbocycles. The third-order valence-corrected chi connectivity index (χ3v) is 24.8. The van der Waals surface area contributed by atoms with Crippen molar-refractivity contribution < 1.29 is 282 Å². The number of carbonyl (C=O) groups excluding carboxylic acids is 5. The summed E-state index contributed by atoms with van der Waals surface area (Å²) in [7, 11) is 0. The highest BCUT2D eigenvalue weighted by Crippen LogP contribution is 2.43. The maximum absolute atomic E-state index is 13.2. The molecule has 1 unspecified atom stereocenters. The van der Waals surface area contributed by atoms with Crippen LogP contribution in [0.5, 0.6) is 0 Å². The lowest BCUT2D eigenvalue weighted by atomic mass is 9.88. The molecule has 0 spiro atoms. The third kappa shape index (κ3) is 25.4. The molecule has 0 saturated carbocycles. The van der Waals surface area contributed by atoms with Gasteiger partial charge in [0.1, 0.15) is 232 Å². The Bertz CT molecular complexity index is 3930. The van der Waals surface area contributed by atoms with E-state index >= 15 is 0 Å². The number of carbonyl (C=O) groups is 7. The number of aliphatic hydroxyl groups excluding tert-OH is 29. The highest BCUT2D eigenvalue weighted by molar-refractivity contribution is 5.78. The van der Waals surface area contributed by atoms with Crippen molar-refractivity contribution in [3.63, 3.8) is 0 Å². The number of rotatable bonds is 39. The lowest BCUT2D eigenvalue weighted by Gasteiger charge is -2.51. The van der Waals surface area contributed by atoms with Crippen molar-refractivity contribution in [2.45, 2.75) is 365 Å². The van der Waals surface area contributed by atoms with E-state index in [0.717, 1.165) is 34.6 Å². The summed E-state index contributed by atoms with van der Waals surface area (Å²) in [5.41, 5.74) is 0. The van der Waals surface area contributed by atoms with Gasteiger partial charge in [-0.05, 0) is 0 Å². The molecular weight excluding hydrogens is 1890 g/mol. The molecule has 0 aromatic rings. The number of aliphatic hydroxyl groups is 29. The molecule has 10 rings (SSSR count). The van der Waals surface area contributed by atoms with Crippen molar-refractivity contribution in [1.29, 1.82) is 0 Å². The number of hydrogen-bond acceptors (Lipinski definition) is 55. The molecule has 10 aliphatic rings. The maximum Gasteiger partial charge on any atom is 0.364 e. The molecule has 0 aromatic heterocycles. The van der Waals surface area contributed by atoms with Crippen LogP contribution in [0, 0.1) is 0 Å².